The van der Waals surface area contributed by atoms with Gasteiger partial charge in [-0.15, -0.1) is 0 Å². The first kappa shape index (κ1) is 15.0. The van der Waals surface area contributed by atoms with Crippen LogP contribution in [-0.2, 0) is 9.53 Å². The zero-order valence-corrected chi connectivity index (χ0v) is 12.1. The summed E-state index contributed by atoms with van der Waals surface area (Å²) in [4.78, 5) is 27.3. The number of methoxy groups -OCH3 is 1. The van der Waals surface area contributed by atoms with E-state index in [0.29, 0.717) is 42.6 Å². The van der Waals surface area contributed by atoms with Crippen molar-refractivity contribution in [1.82, 2.24) is 25.3 Å². The number of imidazole rings is 1. The molecule has 0 spiro atoms. The molecule has 0 atom stereocenters. The van der Waals surface area contributed by atoms with E-state index in [1.165, 1.54) is 0 Å². The highest BCUT2D eigenvalue weighted by Gasteiger charge is 2.10. The second-order valence-corrected chi connectivity index (χ2v) is 4.22. The molecule has 0 unspecified atom stereocenters. The molecule has 4 N–H and O–H groups in total. The number of hydrogen-bond acceptors (Lipinski definition) is 7. The first-order valence-corrected chi connectivity index (χ1v) is 6.69. The molecule has 0 aliphatic rings. The van der Waals surface area contributed by atoms with E-state index in [0.717, 1.165) is 0 Å². The summed E-state index contributed by atoms with van der Waals surface area (Å²) in [6, 6.07) is 0. The smallest absolute Gasteiger partial charge is 0.239 e. The number of fused-ring (bicyclic) bond motifs is 1. The molecule has 21 heavy (non-hydrogen) atoms. The number of amides is 1. The molecule has 0 saturated carbocycles. The lowest BCUT2D eigenvalue weighted by molar-refractivity contribution is -0.119. The highest BCUT2D eigenvalue weighted by Crippen LogP contribution is 2.18. The quantitative estimate of drug-likeness (QED) is 0.504. The lowest BCUT2D eigenvalue weighted by Gasteiger charge is -2.09. The number of ether oxygens (including phenoxy) is 1. The first-order chi connectivity index (χ1) is 10.2. The number of nitrogens with zero attached hydrogens (tertiary/aromatic N) is 3. The number of aromatic nitrogens is 4. The minimum atomic E-state index is -0.136. The van der Waals surface area contributed by atoms with Crippen LogP contribution in [0, 0.1) is 0 Å². The molecule has 0 bridgehead atoms. The van der Waals surface area contributed by atoms with Crippen molar-refractivity contribution in [1.29, 1.82) is 0 Å². The summed E-state index contributed by atoms with van der Waals surface area (Å²) >= 11 is 0. The normalized spacial score (nSPS) is 10.6. The highest BCUT2D eigenvalue weighted by molar-refractivity contribution is 5.87. The molecule has 2 heterocycles. The number of aromatic amines is 1. The average molecular weight is 293 g/mol. The zero-order valence-electron chi connectivity index (χ0n) is 12.1. The minimum absolute atomic E-state index is 0.112. The second-order valence-electron chi connectivity index (χ2n) is 4.22. The molecule has 0 fully saturated rings. The summed E-state index contributed by atoms with van der Waals surface area (Å²) in [5.74, 6) is 0.873. The standard InChI is InChI=1S/C12H19N7O2/c1-3-13-12-18-10(9-11(19-12)17-7-16-9)15-6-8(20)14-4-5-21-2/h7H,3-6H2,1-2H3,(H,14,20)(H3,13,15,16,17,18,19). The maximum atomic E-state index is 11.7. The van der Waals surface area contributed by atoms with Crippen molar-refractivity contribution >= 4 is 28.8 Å². The number of carbonyl (C=O) groups is 1. The molecule has 0 saturated heterocycles. The van der Waals surface area contributed by atoms with E-state index in [1.54, 1.807) is 13.4 Å². The third-order valence-corrected chi connectivity index (χ3v) is 2.67. The fourth-order valence-corrected chi connectivity index (χ4v) is 1.72. The van der Waals surface area contributed by atoms with Gasteiger partial charge >= 0.3 is 0 Å². The molecule has 0 aliphatic heterocycles. The Morgan fingerprint density at radius 2 is 2.24 bits per heavy atom. The summed E-state index contributed by atoms with van der Waals surface area (Å²) in [6.07, 6.45) is 1.54. The van der Waals surface area contributed by atoms with Gasteiger partial charge in [0.25, 0.3) is 0 Å². The molecule has 0 aromatic carbocycles. The van der Waals surface area contributed by atoms with E-state index in [4.69, 9.17) is 4.74 Å². The van der Waals surface area contributed by atoms with E-state index in [-0.39, 0.29) is 12.5 Å². The Morgan fingerprint density at radius 3 is 3.00 bits per heavy atom. The molecular weight excluding hydrogens is 274 g/mol. The number of anilines is 2. The van der Waals surface area contributed by atoms with Crippen molar-refractivity contribution in [3.8, 4) is 0 Å². The summed E-state index contributed by atoms with van der Waals surface area (Å²) in [5, 5.41) is 8.73. The zero-order chi connectivity index (χ0) is 15.1. The highest BCUT2D eigenvalue weighted by atomic mass is 16.5. The fourth-order valence-electron chi connectivity index (χ4n) is 1.72. The van der Waals surface area contributed by atoms with Gasteiger partial charge in [0.1, 0.15) is 5.52 Å². The molecule has 2 aromatic heterocycles. The van der Waals surface area contributed by atoms with Crippen LogP contribution >= 0.6 is 0 Å². The number of carbonyl (C=O) groups excluding carboxylic acids is 1. The number of H-pyrrole nitrogens is 1. The van der Waals surface area contributed by atoms with Gasteiger partial charge in [-0.05, 0) is 6.92 Å². The summed E-state index contributed by atoms with van der Waals surface area (Å²) in [7, 11) is 1.59. The van der Waals surface area contributed by atoms with Crippen LogP contribution in [0.4, 0.5) is 11.8 Å². The summed E-state index contributed by atoms with van der Waals surface area (Å²) in [5.41, 5.74) is 1.21. The van der Waals surface area contributed by atoms with E-state index in [9.17, 15) is 4.79 Å². The fraction of sp³-hybridized carbons (Fsp3) is 0.500. The maximum absolute atomic E-state index is 11.7. The first-order valence-electron chi connectivity index (χ1n) is 6.69. The second kappa shape index (κ2) is 7.39. The van der Waals surface area contributed by atoms with Crippen LogP contribution in [0.15, 0.2) is 6.33 Å². The Hall–Kier alpha value is -2.42. The predicted octanol–water partition coefficient (Wildman–Crippen LogP) is -0.0408. The Balaban J connectivity index is 2.03. The van der Waals surface area contributed by atoms with Gasteiger partial charge < -0.3 is 25.7 Å². The molecule has 9 heteroatoms. The largest absolute Gasteiger partial charge is 0.383 e. The van der Waals surface area contributed by atoms with Crippen molar-refractivity contribution in [3.63, 3.8) is 0 Å². The van der Waals surface area contributed by atoms with Gasteiger partial charge in [-0.2, -0.15) is 9.97 Å². The summed E-state index contributed by atoms with van der Waals surface area (Å²) < 4.78 is 4.87. The van der Waals surface area contributed by atoms with Crippen molar-refractivity contribution in [2.45, 2.75) is 6.92 Å². The van der Waals surface area contributed by atoms with Crippen LogP contribution in [0.3, 0.4) is 0 Å². The molecule has 9 nitrogen and oxygen atoms in total. The third-order valence-electron chi connectivity index (χ3n) is 2.67. The molecule has 2 rings (SSSR count). The van der Waals surface area contributed by atoms with Crippen molar-refractivity contribution in [2.75, 3.05) is 44.0 Å². The molecular formula is C12H19N7O2. The number of hydrogen-bond donors (Lipinski definition) is 4. The van der Waals surface area contributed by atoms with Gasteiger partial charge in [0.15, 0.2) is 11.5 Å². The van der Waals surface area contributed by atoms with Crippen LogP contribution in [0.1, 0.15) is 6.92 Å². The number of nitrogens with one attached hydrogen (secondary N) is 4. The van der Waals surface area contributed by atoms with Crippen LogP contribution in [-0.4, -0.2) is 59.2 Å². The predicted molar refractivity (Wildman–Crippen MR) is 79.2 cm³/mol. The molecule has 1 amide bonds. The Bertz CT molecular complexity index is 598. The van der Waals surface area contributed by atoms with Gasteiger partial charge in [-0.1, -0.05) is 0 Å². The third kappa shape index (κ3) is 4.02. The van der Waals surface area contributed by atoms with Crippen LogP contribution in [0.25, 0.3) is 11.2 Å². The molecule has 0 radical (unpaired) electrons. The minimum Gasteiger partial charge on any atom is -0.383 e. The Kier molecular flexibility index (Phi) is 5.27. The lowest BCUT2D eigenvalue weighted by atomic mass is 10.4. The molecule has 114 valence electrons. The Labute approximate surface area is 121 Å². The van der Waals surface area contributed by atoms with Gasteiger partial charge in [0, 0.05) is 20.2 Å². The van der Waals surface area contributed by atoms with Gasteiger partial charge in [-0.25, -0.2) is 4.98 Å². The topological polar surface area (TPSA) is 117 Å². The van der Waals surface area contributed by atoms with Crippen molar-refractivity contribution in [3.05, 3.63) is 6.33 Å². The Morgan fingerprint density at radius 1 is 1.38 bits per heavy atom. The summed E-state index contributed by atoms with van der Waals surface area (Å²) in [6.45, 7) is 3.72. The maximum Gasteiger partial charge on any atom is 0.239 e. The average Bonchev–Trinajstić information content (AvgIpc) is 2.94. The molecule has 0 aliphatic carbocycles. The van der Waals surface area contributed by atoms with Crippen molar-refractivity contribution < 1.29 is 9.53 Å². The van der Waals surface area contributed by atoms with Crippen LogP contribution < -0.4 is 16.0 Å². The SMILES string of the molecule is CCNc1nc(NCC(=O)NCCOC)c2[nH]cnc2n1. The molecule has 2 aromatic rings. The van der Waals surface area contributed by atoms with Crippen molar-refractivity contribution in [2.24, 2.45) is 0 Å². The van der Waals surface area contributed by atoms with Gasteiger partial charge in [0.2, 0.25) is 11.9 Å². The van der Waals surface area contributed by atoms with E-state index in [2.05, 4.69) is 35.9 Å². The van der Waals surface area contributed by atoms with E-state index in [1.807, 2.05) is 6.92 Å². The lowest BCUT2D eigenvalue weighted by Crippen LogP contribution is -2.32. The number of rotatable bonds is 8. The van der Waals surface area contributed by atoms with Crippen LogP contribution in [0.2, 0.25) is 0 Å². The van der Waals surface area contributed by atoms with E-state index >= 15 is 0 Å². The van der Waals surface area contributed by atoms with Gasteiger partial charge in [0.05, 0.1) is 19.5 Å². The van der Waals surface area contributed by atoms with Crippen LogP contribution in [0.5, 0.6) is 0 Å². The van der Waals surface area contributed by atoms with Gasteiger partial charge in [-0.3, -0.25) is 4.79 Å². The van der Waals surface area contributed by atoms with E-state index < -0.39 is 0 Å². The monoisotopic (exact) mass is 293 g/mol.